The summed E-state index contributed by atoms with van der Waals surface area (Å²) in [5, 5.41) is 3.09. The fraction of sp³-hybridized carbons (Fsp3) is 0.333. The topological polar surface area (TPSA) is 103 Å². The van der Waals surface area contributed by atoms with Gasteiger partial charge in [0.2, 0.25) is 5.95 Å². The smallest absolute Gasteiger partial charge is 0.332 e. The zero-order chi connectivity index (χ0) is 15.0. The molecule has 2 N–H and O–H groups in total. The third-order valence-corrected chi connectivity index (χ3v) is 3.32. The SMILES string of the molecule is Cn1c(=O)c2[nH]c(NCCn3ccnc3)nc2n(C)c1=O. The zero-order valence-corrected chi connectivity index (χ0v) is 11.7. The lowest BCUT2D eigenvalue weighted by molar-refractivity contribution is 0.708. The van der Waals surface area contributed by atoms with Crippen LogP contribution >= 0.6 is 0 Å². The minimum Gasteiger partial charge on any atom is -0.354 e. The normalized spacial score (nSPS) is 11.1. The van der Waals surface area contributed by atoms with Gasteiger partial charge in [0.1, 0.15) is 0 Å². The van der Waals surface area contributed by atoms with E-state index in [1.54, 1.807) is 19.6 Å². The quantitative estimate of drug-likeness (QED) is 0.659. The van der Waals surface area contributed by atoms with Gasteiger partial charge in [-0.3, -0.25) is 13.9 Å². The first-order valence-electron chi connectivity index (χ1n) is 6.43. The summed E-state index contributed by atoms with van der Waals surface area (Å²) in [6.45, 7) is 1.33. The molecule has 21 heavy (non-hydrogen) atoms. The van der Waals surface area contributed by atoms with Crippen molar-refractivity contribution < 1.29 is 0 Å². The number of H-pyrrole nitrogens is 1. The van der Waals surface area contributed by atoms with E-state index in [2.05, 4.69) is 20.3 Å². The Hall–Kier alpha value is -2.84. The number of nitrogens with one attached hydrogen (secondary N) is 2. The first kappa shape index (κ1) is 13.2. The number of anilines is 1. The third-order valence-electron chi connectivity index (χ3n) is 3.32. The summed E-state index contributed by atoms with van der Waals surface area (Å²) in [7, 11) is 3.03. The van der Waals surface area contributed by atoms with Gasteiger partial charge in [-0.1, -0.05) is 0 Å². The number of rotatable bonds is 4. The Balaban J connectivity index is 1.88. The van der Waals surface area contributed by atoms with Crippen LogP contribution in [0.25, 0.3) is 11.2 Å². The average molecular weight is 289 g/mol. The molecule has 0 unspecified atom stereocenters. The molecule has 3 rings (SSSR count). The van der Waals surface area contributed by atoms with Crippen molar-refractivity contribution in [3.05, 3.63) is 39.6 Å². The summed E-state index contributed by atoms with van der Waals surface area (Å²) in [4.78, 5) is 35.0. The maximum Gasteiger partial charge on any atom is 0.332 e. The van der Waals surface area contributed by atoms with Crippen molar-refractivity contribution in [3.63, 3.8) is 0 Å². The van der Waals surface area contributed by atoms with Gasteiger partial charge in [0.05, 0.1) is 6.33 Å². The van der Waals surface area contributed by atoms with Gasteiger partial charge in [0.15, 0.2) is 11.2 Å². The lowest BCUT2D eigenvalue weighted by atomic mass is 10.5. The molecular weight excluding hydrogens is 274 g/mol. The van der Waals surface area contributed by atoms with Crippen molar-refractivity contribution in [2.45, 2.75) is 6.54 Å². The molecule has 0 saturated heterocycles. The molecule has 0 aliphatic carbocycles. The molecule has 9 heteroatoms. The predicted octanol–water partition coefficient (Wildman–Crippen LogP) is -0.731. The number of aromatic nitrogens is 6. The van der Waals surface area contributed by atoms with E-state index in [9.17, 15) is 9.59 Å². The summed E-state index contributed by atoms with van der Waals surface area (Å²) in [6, 6.07) is 0. The van der Waals surface area contributed by atoms with Gasteiger partial charge in [-0.05, 0) is 0 Å². The van der Waals surface area contributed by atoms with Crippen molar-refractivity contribution in [1.82, 2.24) is 28.7 Å². The Morgan fingerprint density at radius 1 is 1.29 bits per heavy atom. The monoisotopic (exact) mass is 289 g/mol. The van der Waals surface area contributed by atoms with Crippen molar-refractivity contribution in [3.8, 4) is 0 Å². The van der Waals surface area contributed by atoms with Gasteiger partial charge in [0, 0.05) is 39.6 Å². The van der Waals surface area contributed by atoms with Crippen LogP contribution in [-0.4, -0.2) is 35.2 Å². The first-order chi connectivity index (χ1) is 10.1. The van der Waals surface area contributed by atoms with Crippen molar-refractivity contribution in [2.75, 3.05) is 11.9 Å². The summed E-state index contributed by atoms with van der Waals surface area (Å²) >= 11 is 0. The highest BCUT2D eigenvalue weighted by Gasteiger charge is 2.12. The summed E-state index contributed by atoms with van der Waals surface area (Å²) < 4.78 is 4.31. The maximum absolute atomic E-state index is 12.0. The van der Waals surface area contributed by atoms with Crippen LogP contribution in [-0.2, 0) is 20.6 Å². The third kappa shape index (κ3) is 2.22. The number of hydrogen-bond acceptors (Lipinski definition) is 5. The van der Waals surface area contributed by atoms with Crippen LogP contribution in [0.5, 0.6) is 0 Å². The molecule has 110 valence electrons. The van der Waals surface area contributed by atoms with Gasteiger partial charge in [-0.15, -0.1) is 0 Å². The van der Waals surface area contributed by atoms with Crippen LogP contribution < -0.4 is 16.6 Å². The molecule has 0 spiro atoms. The van der Waals surface area contributed by atoms with Crippen molar-refractivity contribution in [2.24, 2.45) is 14.1 Å². The molecule has 0 bridgehead atoms. The molecule has 0 aromatic carbocycles. The molecule has 0 amide bonds. The van der Waals surface area contributed by atoms with E-state index in [0.29, 0.717) is 30.2 Å². The summed E-state index contributed by atoms with van der Waals surface area (Å²) in [5.41, 5.74) is -0.134. The molecular formula is C12H15N7O2. The standard InChI is InChI=1S/C12H15N7O2/c1-17-9-8(10(20)18(2)12(17)21)15-11(16-9)14-4-6-19-5-3-13-7-19/h3,5,7H,4,6H2,1-2H3,(H2,14,15,16). The number of aryl methyl sites for hydroxylation is 1. The molecule has 0 aliphatic rings. The fourth-order valence-corrected chi connectivity index (χ4v) is 2.13. The van der Waals surface area contributed by atoms with E-state index in [1.165, 1.54) is 11.6 Å². The number of aromatic amines is 1. The highest BCUT2D eigenvalue weighted by Crippen LogP contribution is 2.07. The Kier molecular flexibility index (Phi) is 3.09. The second-order valence-electron chi connectivity index (χ2n) is 4.72. The van der Waals surface area contributed by atoms with Crippen molar-refractivity contribution >= 4 is 17.1 Å². The van der Waals surface area contributed by atoms with Gasteiger partial charge < -0.3 is 14.9 Å². The molecule has 0 fully saturated rings. The number of fused-ring (bicyclic) bond motifs is 1. The van der Waals surface area contributed by atoms with Crippen LogP contribution in [0, 0.1) is 0 Å². The second-order valence-corrected chi connectivity index (χ2v) is 4.72. The second kappa shape index (κ2) is 4.93. The minimum atomic E-state index is -0.399. The molecule has 3 aromatic heterocycles. The van der Waals surface area contributed by atoms with E-state index in [1.807, 2.05) is 10.8 Å². The molecule has 3 heterocycles. The van der Waals surface area contributed by atoms with Gasteiger partial charge >= 0.3 is 5.69 Å². The molecule has 0 atom stereocenters. The minimum absolute atomic E-state index is 0.310. The first-order valence-corrected chi connectivity index (χ1v) is 6.43. The Morgan fingerprint density at radius 3 is 2.81 bits per heavy atom. The summed E-state index contributed by atoms with van der Waals surface area (Å²) in [6.07, 6.45) is 5.29. The lowest BCUT2D eigenvalue weighted by Crippen LogP contribution is -2.36. The van der Waals surface area contributed by atoms with E-state index < -0.39 is 5.69 Å². The Morgan fingerprint density at radius 2 is 2.10 bits per heavy atom. The average Bonchev–Trinajstić information content (AvgIpc) is 3.12. The Bertz CT molecular complexity index is 885. The van der Waals surface area contributed by atoms with Gasteiger partial charge in [0.25, 0.3) is 5.56 Å². The molecule has 0 aliphatic heterocycles. The van der Waals surface area contributed by atoms with E-state index >= 15 is 0 Å². The molecule has 3 aromatic rings. The van der Waals surface area contributed by atoms with Gasteiger partial charge in [-0.2, -0.15) is 4.98 Å². The van der Waals surface area contributed by atoms with Crippen molar-refractivity contribution in [1.29, 1.82) is 0 Å². The molecule has 9 nitrogen and oxygen atoms in total. The lowest BCUT2D eigenvalue weighted by Gasteiger charge is -2.02. The van der Waals surface area contributed by atoms with Crippen LogP contribution in [0.1, 0.15) is 0 Å². The number of imidazole rings is 2. The van der Waals surface area contributed by atoms with Crippen LogP contribution in [0.3, 0.4) is 0 Å². The maximum atomic E-state index is 12.0. The zero-order valence-electron chi connectivity index (χ0n) is 11.7. The fourth-order valence-electron chi connectivity index (χ4n) is 2.13. The largest absolute Gasteiger partial charge is 0.354 e. The van der Waals surface area contributed by atoms with E-state index in [-0.39, 0.29) is 5.56 Å². The van der Waals surface area contributed by atoms with Crippen LogP contribution in [0.4, 0.5) is 5.95 Å². The highest BCUT2D eigenvalue weighted by molar-refractivity contribution is 5.72. The van der Waals surface area contributed by atoms with Gasteiger partial charge in [-0.25, -0.2) is 9.78 Å². The number of nitrogens with zero attached hydrogens (tertiary/aromatic N) is 5. The highest BCUT2D eigenvalue weighted by atomic mass is 16.2. The predicted molar refractivity (Wildman–Crippen MR) is 77.3 cm³/mol. The van der Waals surface area contributed by atoms with Crippen LogP contribution in [0.2, 0.25) is 0 Å². The van der Waals surface area contributed by atoms with Crippen LogP contribution in [0.15, 0.2) is 28.3 Å². The Labute approximate surface area is 118 Å². The molecule has 0 saturated carbocycles. The molecule has 0 radical (unpaired) electrons. The number of hydrogen-bond donors (Lipinski definition) is 2. The van der Waals surface area contributed by atoms with E-state index in [4.69, 9.17) is 0 Å². The van der Waals surface area contributed by atoms with E-state index in [0.717, 1.165) is 4.57 Å². The summed E-state index contributed by atoms with van der Waals surface area (Å²) in [5.74, 6) is 0.461.